The van der Waals surface area contributed by atoms with Gasteiger partial charge in [-0.3, -0.25) is 9.78 Å². The molecule has 1 aliphatic carbocycles. The molecule has 4 heteroatoms. The van der Waals surface area contributed by atoms with Gasteiger partial charge in [0.2, 0.25) is 0 Å². The highest BCUT2D eigenvalue weighted by Gasteiger charge is 2.16. The zero-order chi connectivity index (χ0) is 14.4. The lowest BCUT2D eigenvalue weighted by Crippen LogP contribution is -2.26. The first-order chi connectivity index (χ1) is 9.70. The van der Waals surface area contributed by atoms with Crippen molar-refractivity contribution in [2.24, 2.45) is 5.92 Å². The fraction of sp³-hybridized carbons (Fsp3) is 0.625. The van der Waals surface area contributed by atoms with Crippen LogP contribution >= 0.6 is 0 Å². The predicted octanol–water partition coefficient (Wildman–Crippen LogP) is 3.13. The first kappa shape index (κ1) is 14.8. The standard InChI is InChI=1S/C16H25N3O/c1-3-17-15-10-12(2)19-11-14(15)16(20)18-9-8-13-6-4-5-7-13/h10-11,13H,3-9H2,1-2H3,(H,17,19)(H,18,20). The monoisotopic (exact) mass is 275 g/mol. The van der Waals surface area contributed by atoms with Crippen LogP contribution in [0, 0.1) is 12.8 Å². The number of amides is 1. The molecule has 0 unspecified atom stereocenters. The van der Waals surface area contributed by atoms with E-state index in [9.17, 15) is 4.79 Å². The van der Waals surface area contributed by atoms with Gasteiger partial charge in [0.25, 0.3) is 5.91 Å². The fourth-order valence-corrected chi connectivity index (χ4v) is 2.86. The maximum absolute atomic E-state index is 12.2. The van der Waals surface area contributed by atoms with Gasteiger partial charge >= 0.3 is 0 Å². The number of pyridine rings is 1. The average molecular weight is 275 g/mol. The number of carbonyl (C=O) groups excluding carboxylic acids is 1. The Hall–Kier alpha value is -1.58. The molecule has 0 atom stereocenters. The van der Waals surface area contributed by atoms with Gasteiger partial charge in [-0.05, 0) is 32.3 Å². The molecule has 1 saturated carbocycles. The number of aryl methyl sites for hydroxylation is 1. The lowest BCUT2D eigenvalue weighted by molar-refractivity contribution is 0.0952. The van der Waals surface area contributed by atoms with Crippen molar-refractivity contribution in [1.82, 2.24) is 10.3 Å². The van der Waals surface area contributed by atoms with Crippen molar-refractivity contribution in [3.05, 3.63) is 23.5 Å². The predicted molar refractivity (Wildman–Crippen MR) is 82.0 cm³/mol. The minimum Gasteiger partial charge on any atom is -0.385 e. The highest BCUT2D eigenvalue weighted by molar-refractivity contribution is 5.99. The molecule has 20 heavy (non-hydrogen) atoms. The van der Waals surface area contributed by atoms with Crippen LogP contribution in [0.1, 0.15) is 55.1 Å². The summed E-state index contributed by atoms with van der Waals surface area (Å²) in [6.07, 6.45) is 8.12. The summed E-state index contributed by atoms with van der Waals surface area (Å²) in [5.41, 5.74) is 2.44. The Morgan fingerprint density at radius 3 is 2.85 bits per heavy atom. The molecule has 0 spiro atoms. The van der Waals surface area contributed by atoms with Crippen LogP contribution in [-0.2, 0) is 0 Å². The Labute approximate surface area is 121 Å². The lowest BCUT2D eigenvalue weighted by atomic mass is 10.0. The van der Waals surface area contributed by atoms with Crippen LogP contribution < -0.4 is 10.6 Å². The van der Waals surface area contributed by atoms with E-state index in [-0.39, 0.29) is 5.91 Å². The molecule has 1 aliphatic rings. The Balaban J connectivity index is 1.90. The van der Waals surface area contributed by atoms with Crippen LogP contribution in [0.25, 0.3) is 0 Å². The van der Waals surface area contributed by atoms with Gasteiger partial charge in [0.15, 0.2) is 0 Å². The number of rotatable bonds is 6. The summed E-state index contributed by atoms with van der Waals surface area (Å²) >= 11 is 0. The minimum absolute atomic E-state index is 0.0218. The van der Waals surface area contributed by atoms with Gasteiger partial charge in [0.1, 0.15) is 0 Å². The third kappa shape index (κ3) is 3.95. The molecular formula is C16H25N3O. The average Bonchev–Trinajstić information content (AvgIpc) is 2.92. The van der Waals surface area contributed by atoms with E-state index in [4.69, 9.17) is 0 Å². The number of anilines is 1. The normalized spacial score (nSPS) is 15.3. The molecule has 0 saturated heterocycles. The smallest absolute Gasteiger partial charge is 0.254 e. The van der Waals surface area contributed by atoms with Gasteiger partial charge in [-0.15, -0.1) is 0 Å². The van der Waals surface area contributed by atoms with Crippen LogP contribution in [0.3, 0.4) is 0 Å². The van der Waals surface area contributed by atoms with Gasteiger partial charge in [-0.25, -0.2) is 0 Å². The molecule has 0 radical (unpaired) electrons. The Morgan fingerprint density at radius 1 is 1.40 bits per heavy atom. The van der Waals surface area contributed by atoms with Gasteiger partial charge in [0.05, 0.1) is 11.3 Å². The molecule has 2 N–H and O–H groups in total. The largest absolute Gasteiger partial charge is 0.385 e. The summed E-state index contributed by atoms with van der Waals surface area (Å²) < 4.78 is 0. The van der Waals surface area contributed by atoms with Gasteiger partial charge < -0.3 is 10.6 Å². The first-order valence-corrected chi connectivity index (χ1v) is 7.69. The van der Waals surface area contributed by atoms with E-state index in [2.05, 4.69) is 15.6 Å². The maximum atomic E-state index is 12.2. The second-order valence-electron chi connectivity index (χ2n) is 5.60. The van der Waals surface area contributed by atoms with Crippen LogP contribution in [0.15, 0.2) is 12.3 Å². The fourth-order valence-electron chi connectivity index (χ4n) is 2.86. The zero-order valence-corrected chi connectivity index (χ0v) is 12.5. The number of aromatic nitrogens is 1. The molecule has 0 aliphatic heterocycles. The molecule has 1 amide bonds. The van der Waals surface area contributed by atoms with Crippen molar-refractivity contribution in [1.29, 1.82) is 0 Å². The van der Waals surface area contributed by atoms with E-state index in [1.54, 1.807) is 6.20 Å². The summed E-state index contributed by atoms with van der Waals surface area (Å²) in [4.78, 5) is 16.5. The summed E-state index contributed by atoms with van der Waals surface area (Å²) in [7, 11) is 0. The maximum Gasteiger partial charge on any atom is 0.254 e. The minimum atomic E-state index is -0.0218. The summed E-state index contributed by atoms with van der Waals surface area (Å²) in [6.45, 7) is 5.52. The molecular weight excluding hydrogens is 250 g/mol. The number of hydrogen-bond donors (Lipinski definition) is 2. The van der Waals surface area contributed by atoms with E-state index in [0.717, 1.165) is 36.8 Å². The molecule has 0 bridgehead atoms. The van der Waals surface area contributed by atoms with Crippen LogP contribution in [0.4, 0.5) is 5.69 Å². The highest BCUT2D eigenvalue weighted by Crippen LogP contribution is 2.27. The van der Waals surface area contributed by atoms with E-state index >= 15 is 0 Å². The molecule has 1 aromatic rings. The van der Waals surface area contributed by atoms with Crippen molar-refractivity contribution in [3.63, 3.8) is 0 Å². The third-order valence-electron chi connectivity index (χ3n) is 3.97. The molecule has 4 nitrogen and oxygen atoms in total. The van der Waals surface area contributed by atoms with Crippen molar-refractivity contribution < 1.29 is 4.79 Å². The van der Waals surface area contributed by atoms with Crippen molar-refractivity contribution in [2.75, 3.05) is 18.4 Å². The van der Waals surface area contributed by atoms with Crippen LogP contribution in [0.5, 0.6) is 0 Å². The second-order valence-corrected chi connectivity index (χ2v) is 5.60. The van der Waals surface area contributed by atoms with E-state index in [1.807, 2.05) is 19.9 Å². The summed E-state index contributed by atoms with van der Waals surface area (Å²) in [5, 5.41) is 6.25. The number of hydrogen-bond acceptors (Lipinski definition) is 3. The molecule has 2 rings (SSSR count). The SMILES string of the molecule is CCNc1cc(C)ncc1C(=O)NCCC1CCCC1. The summed E-state index contributed by atoms with van der Waals surface area (Å²) in [6, 6.07) is 1.93. The van der Waals surface area contributed by atoms with E-state index in [1.165, 1.54) is 25.7 Å². The Bertz CT molecular complexity index is 453. The second kappa shape index (κ2) is 7.27. The molecule has 1 aromatic heterocycles. The molecule has 110 valence electrons. The Morgan fingerprint density at radius 2 is 2.15 bits per heavy atom. The van der Waals surface area contributed by atoms with Crippen molar-refractivity contribution >= 4 is 11.6 Å². The Kier molecular flexibility index (Phi) is 5.39. The highest BCUT2D eigenvalue weighted by atomic mass is 16.1. The number of nitrogens with one attached hydrogen (secondary N) is 2. The molecule has 1 fully saturated rings. The third-order valence-corrected chi connectivity index (χ3v) is 3.97. The topological polar surface area (TPSA) is 54.0 Å². The molecule has 0 aromatic carbocycles. The van der Waals surface area contributed by atoms with Gasteiger partial charge in [-0.1, -0.05) is 25.7 Å². The molecule has 1 heterocycles. The van der Waals surface area contributed by atoms with Crippen LogP contribution in [-0.4, -0.2) is 24.0 Å². The quantitative estimate of drug-likeness (QED) is 0.838. The summed E-state index contributed by atoms with van der Waals surface area (Å²) in [5.74, 6) is 0.783. The van der Waals surface area contributed by atoms with Crippen molar-refractivity contribution in [3.8, 4) is 0 Å². The number of carbonyl (C=O) groups is 1. The van der Waals surface area contributed by atoms with Crippen LogP contribution in [0.2, 0.25) is 0 Å². The van der Waals surface area contributed by atoms with Gasteiger partial charge in [-0.2, -0.15) is 0 Å². The zero-order valence-electron chi connectivity index (χ0n) is 12.5. The first-order valence-electron chi connectivity index (χ1n) is 7.69. The van der Waals surface area contributed by atoms with Gasteiger partial charge in [0, 0.05) is 25.0 Å². The number of nitrogens with zero attached hydrogens (tertiary/aromatic N) is 1. The van der Waals surface area contributed by atoms with Crippen molar-refractivity contribution in [2.45, 2.75) is 46.0 Å². The van der Waals surface area contributed by atoms with E-state index < -0.39 is 0 Å². The van der Waals surface area contributed by atoms with E-state index in [0.29, 0.717) is 5.56 Å². The lowest BCUT2D eigenvalue weighted by Gasteiger charge is -2.13.